The minimum absolute atomic E-state index is 0.193. The average Bonchev–Trinajstić information content (AvgIpc) is 2.43. The van der Waals surface area contributed by atoms with E-state index in [2.05, 4.69) is 4.90 Å². The van der Waals surface area contributed by atoms with E-state index in [9.17, 15) is 23.1 Å². The van der Waals surface area contributed by atoms with Crippen molar-refractivity contribution in [3.05, 3.63) is 0 Å². The van der Waals surface area contributed by atoms with Crippen molar-refractivity contribution in [2.24, 2.45) is 5.41 Å². The van der Waals surface area contributed by atoms with Crippen LogP contribution in [0.4, 0.5) is 13.2 Å². The molecule has 1 amide bonds. The Morgan fingerprint density at radius 1 is 1.17 bits per heavy atom. The quantitative estimate of drug-likeness (QED) is 0.787. The van der Waals surface area contributed by atoms with E-state index >= 15 is 0 Å². The molecule has 1 rings (SSSR count). The topological polar surface area (TPSA) is 55.8 Å². The number of carbonyl (C=O) groups excluding carboxylic acids is 1. The number of piperazine rings is 1. The highest BCUT2D eigenvalue weighted by Gasteiger charge is 2.32. The van der Waals surface area contributed by atoms with Crippen LogP contribution in [0.3, 0.4) is 0 Å². The third-order valence-corrected chi connectivity index (χ3v) is 4.23. The molecule has 1 saturated heterocycles. The minimum atomic E-state index is -4.39. The molecule has 1 heterocycles. The number of aliphatic hydroxyl groups is 1. The molecule has 0 aliphatic carbocycles. The van der Waals surface area contributed by atoms with Crippen LogP contribution >= 0.6 is 0 Å². The van der Waals surface area contributed by atoms with Crippen molar-refractivity contribution in [3.63, 3.8) is 0 Å². The van der Waals surface area contributed by atoms with Crippen LogP contribution in [0.2, 0.25) is 0 Å². The first kappa shape index (κ1) is 20.2. The van der Waals surface area contributed by atoms with E-state index in [0.717, 1.165) is 0 Å². The van der Waals surface area contributed by atoms with Gasteiger partial charge in [-0.25, -0.2) is 0 Å². The number of nitrogens with zero attached hydrogens (tertiary/aromatic N) is 2. The summed E-state index contributed by atoms with van der Waals surface area (Å²) in [6.45, 7) is 9.36. The Balaban J connectivity index is 2.39. The fraction of sp³-hybridized carbons (Fsp3) is 0.933. The molecule has 1 aliphatic rings. The second-order valence-electron chi connectivity index (χ2n) is 7.23. The zero-order chi connectivity index (χ0) is 17.8. The van der Waals surface area contributed by atoms with Crippen molar-refractivity contribution in [2.45, 2.75) is 46.0 Å². The Bertz CT molecular complexity index is 388. The molecule has 0 aromatic rings. The molecule has 136 valence electrons. The van der Waals surface area contributed by atoms with Gasteiger partial charge >= 0.3 is 6.18 Å². The van der Waals surface area contributed by atoms with Crippen LogP contribution in [-0.4, -0.2) is 78.4 Å². The number of aliphatic hydroxyl groups excluding tert-OH is 1. The van der Waals surface area contributed by atoms with Gasteiger partial charge in [0.25, 0.3) is 0 Å². The van der Waals surface area contributed by atoms with Crippen LogP contribution in [-0.2, 0) is 4.79 Å². The standard InChI is InChI=1S/C15H28F3N3O2/c1-11(13(23)19-10-15(16,17)18)21-7-5-20(6-8-21)9-12(22)14(2,3)4/h11-12,22H,5-10H2,1-4H3,(H,19,23)/t11-,12-/m1/s1. The smallest absolute Gasteiger partial charge is 0.391 e. The van der Waals surface area contributed by atoms with Crippen LogP contribution in [0.1, 0.15) is 27.7 Å². The van der Waals surface area contributed by atoms with E-state index in [1.165, 1.54) is 0 Å². The van der Waals surface area contributed by atoms with E-state index in [1.807, 2.05) is 31.0 Å². The number of nitrogens with one attached hydrogen (secondary N) is 1. The Hall–Kier alpha value is -0.860. The summed E-state index contributed by atoms with van der Waals surface area (Å²) in [5.41, 5.74) is -0.193. The Labute approximate surface area is 135 Å². The third-order valence-electron chi connectivity index (χ3n) is 4.23. The van der Waals surface area contributed by atoms with Gasteiger partial charge in [-0.3, -0.25) is 14.6 Å². The summed E-state index contributed by atoms with van der Waals surface area (Å²) in [6.07, 6.45) is -4.83. The SMILES string of the molecule is C[C@H](C(=O)NCC(F)(F)F)N1CCN(C[C@@H](O)C(C)(C)C)CC1. The van der Waals surface area contributed by atoms with E-state index in [1.54, 1.807) is 6.92 Å². The first-order valence-corrected chi connectivity index (χ1v) is 7.89. The summed E-state index contributed by atoms with van der Waals surface area (Å²) < 4.78 is 36.4. The van der Waals surface area contributed by atoms with Gasteiger partial charge in [0.2, 0.25) is 5.91 Å². The summed E-state index contributed by atoms with van der Waals surface area (Å²) in [5, 5.41) is 12.0. The van der Waals surface area contributed by atoms with Crippen LogP contribution in [0.15, 0.2) is 0 Å². The average molecular weight is 339 g/mol. The summed E-state index contributed by atoms with van der Waals surface area (Å²) >= 11 is 0. The molecule has 23 heavy (non-hydrogen) atoms. The van der Waals surface area contributed by atoms with Gasteiger partial charge in [0.15, 0.2) is 0 Å². The number of hydrogen-bond donors (Lipinski definition) is 2. The molecule has 1 aliphatic heterocycles. The summed E-state index contributed by atoms with van der Waals surface area (Å²) in [5.74, 6) is -0.606. The Kier molecular flexibility index (Phi) is 6.85. The van der Waals surface area contributed by atoms with Gasteiger partial charge in [-0.1, -0.05) is 20.8 Å². The fourth-order valence-electron chi connectivity index (χ4n) is 2.35. The molecule has 0 saturated carbocycles. The highest BCUT2D eigenvalue weighted by molar-refractivity contribution is 5.81. The van der Waals surface area contributed by atoms with Gasteiger partial charge in [-0.05, 0) is 12.3 Å². The van der Waals surface area contributed by atoms with E-state index in [0.29, 0.717) is 32.7 Å². The summed E-state index contributed by atoms with van der Waals surface area (Å²) in [4.78, 5) is 15.8. The summed E-state index contributed by atoms with van der Waals surface area (Å²) in [7, 11) is 0. The van der Waals surface area contributed by atoms with Crippen molar-refractivity contribution >= 4 is 5.91 Å². The maximum absolute atomic E-state index is 12.1. The van der Waals surface area contributed by atoms with Crippen LogP contribution in [0.5, 0.6) is 0 Å². The van der Waals surface area contributed by atoms with E-state index < -0.39 is 30.8 Å². The molecule has 8 heteroatoms. The molecule has 1 fully saturated rings. The Morgan fingerprint density at radius 3 is 2.13 bits per heavy atom. The highest BCUT2D eigenvalue weighted by Crippen LogP contribution is 2.20. The molecule has 5 nitrogen and oxygen atoms in total. The molecule has 0 aromatic carbocycles. The van der Waals surface area contributed by atoms with Crippen molar-refractivity contribution in [2.75, 3.05) is 39.3 Å². The van der Waals surface area contributed by atoms with Crippen molar-refractivity contribution in [1.29, 1.82) is 0 Å². The minimum Gasteiger partial charge on any atom is -0.391 e. The second-order valence-corrected chi connectivity index (χ2v) is 7.23. The summed E-state index contributed by atoms with van der Waals surface area (Å²) in [6, 6.07) is -0.591. The molecular formula is C15H28F3N3O2. The van der Waals surface area contributed by atoms with Crippen LogP contribution in [0, 0.1) is 5.41 Å². The van der Waals surface area contributed by atoms with Crippen molar-refractivity contribution in [3.8, 4) is 0 Å². The lowest BCUT2D eigenvalue weighted by atomic mass is 9.89. The lowest BCUT2D eigenvalue weighted by molar-refractivity contribution is -0.141. The molecule has 0 spiro atoms. The van der Waals surface area contributed by atoms with E-state index in [-0.39, 0.29) is 5.41 Å². The number of alkyl halides is 3. The lowest BCUT2D eigenvalue weighted by Crippen LogP contribution is -2.56. The maximum Gasteiger partial charge on any atom is 0.405 e. The number of hydrogen-bond acceptors (Lipinski definition) is 4. The van der Waals surface area contributed by atoms with Gasteiger partial charge in [0, 0.05) is 32.7 Å². The first-order chi connectivity index (χ1) is 10.4. The van der Waals surface area contributed by atoms with Gasteiger partial charge in [-0.2, -0.15) is 13.2 Å². The molecule has 0 bridgehead atoms. The largest absolute Gasteiger partial charge is 0.405 e. The van der Waals surface area contributed by atoms with Gasteiger partial charge in [-0.15, -0.1) is 0 Å². The predicted octanol–water partition coefficient (Wildman–Crippen LogP) is 1.08. The monoisotopic (exact) mass is 339 g/mol. The van der Waals surface area contributed by atoms with Gasteiger partial charge in [0.05, 0.1) is 12.1 Å². The number of amides is 1. The lowest BCUT2D eigenvalue weighted by Gasteiger charge is -2.39. The molecule has 0 aromatic heterocycles. The van der Waals surface area contributed by atoms with E-state index in [4.69, 9.17) is 0 Å². The molecule has 2 atom stereocenters. The number of rotatable bonds is 5. The van der Waals surface area contributed by atoms with Crippen molar-refractivity contribution in [1.82, 2.24) is 15.1 Å². The molecular weight excluding hydrogens is 311 g/mol. The van der Waals surface area contributed by atoms with Crippen molar-refractivity contribution < 1.29 is 23.1 Å². The second kappa shape index (κ2) is 7.81. The fourth-order valence-corrected chi connectivity index (χ4v) is 2.35. The first-order valence-electron chi connectivity index (χ1n) is 7.89. The number of β-amino-alcohol motifs (C(OH)–C–C–N with tert-alkyl or cyclic N) is 1. The number of halogens is 3. The molecule has 0 unspecified atom stereocenters. The normalized spacial score (nSPS) is 21.0. The third kappa shape index (κ3) is 7.05. The zero-order valence-electron chi connectivity index (χ0n) is 14.3. The molecule has 2 N–H and O–H groups in total. The van der Waals surface area contributed by atoms with Crippen LogP contribution < -0.4 is 5.32 Å². The van der Waals surface area contributed by atoms with Gasteiger partial charge in [0.1, 0.15) is 6.54 Å². The predicted molar refractivity (Wildman–Crippen MR) is 82.0 cm³/mol. The maximum atomic E-state index is 12.1. The Morgan fingerprint density at radius 2 is 1.70 bits per heavy atom. The number of carbonyl (C=O) groups is 1. The van der Waals surface area contributed by atoms with Crippen LogP contribution in [0.25, 0.3) is 0 Å². The molecule has 0 radical (unpaired) electrons. The van der Waals surface area contributed by atoms with Gasteiger partial charge < -0.3 is 10.4 Å². The highest BCUT2D eigenvalue weighted by atomic mass is 19.4. The zero-order valence-corrected chi connectivity index (χ0v) is 14.3.